The van der Waals surface area contributed by atoms with Gasteiger partial charge in [-0.25, -0.2) is 0 Å². The molecule has 0 saturated carbocycles. The topological polar surface area (TPSA) is 47.6 Å². The molecule has 0 aliphatic rings. The normalized spacial score (nSPS) is 11.2. The summed E-state index contributed by atoms with van der Waals surface area (Å²) >= 11 is 0. The maximum Gasteiger partial charge on any atom is 0.416 e. The van der Waals surface area contributed by atoms with Crippen molar-refractivity contribution in [2.24, 2.45) is 0 Å². The summed E-state index contributed by atoms with van der Waals surface area (Å²) in [5.74, 6) is 0.0277. The number of carbonyl (C=O) groups is 1. The molecule has 0 bridgehead atoms. The Kier molecular flexibility index (Phi) is 6.74. The Hall–Kier alpha value is -3.32. The molecule has 3 aromatic carbocycles. The van der Waals surface area contributed by atoms with E-state index in [2.05, 4.69) is 5.32 Å². The van der Waals surface area contributed by atoms with Crippen molar-refractivity contribution in [2.75, 3.05) is 12.4 Å². The molecule has 0 spiro atoms. The van der Waals surface area contributed by atoms with Crippen molar-refractivity contribution in [1.29, 1.82) is 0 Å². The fourth-order valence-electron chi connectivity index (χ4n) is 2.86. The van der Waals surface area contributed by atoms with Crippen molar-refractivity contribution in [2.45, 2.75) is 19.4 Å². The van der Waals surface area contributed by atoms with Crippen LogP contribution in [0.5, 0.6) is 5.75 Å². The third kappa shape index (κ3) is 5.61. The zero-order chi connectivity index (χ0) is 21.6. The average Bonchev–Trinajstić information content (AvgIpc) is 2.74. The Balaban J connectivity index is 1.71. The highest BCUT2D eigenvalue weighted by atomic mass is 19.4. The number of hydrogen-bond acceptors (Lipinski definition) is 3. The number of halogens is 3. The fraction of sp³-hybridized carbons (Fsp3) is 0.174. The number of carbonyl (C=O) groups excluding carboxylic acids is 1. The van der Waals surface area contributed by atoms with Crippen LogP contribution in [0, 0.1) is 0 Å². The maximum absolute atomic E-state index is 12.9. The molecule has 0 heterocycles. The van der Waals surface area contributed by atoms with E-state index in [9.17, 15) is 18.0 Å². The first-order chi connectivity index (χ1) is 14.4. The van der Waals surface area contributed by atoms with E-state index in [0.717, 1.165) is 17.7 Å². The van der Waals surface area contributed by atoms with Crippen molar-refractivity contribution in [3.63, 3.8) is 0 Å². The summed E-state index contributed by atoms with van der Waals surface area (Å²) in [5.41, 5.74) is 1.18. The van der Waals surface area contributed by atoms with E-state index >= 15 is 0 Å². The standard InChI is InChI=1S/C23H20F3NO3/c1-29-21-11-10-17(12-18(21)15-30-14-16-6-3-2-4-7-16)22(28)27-20-9-5-8-19(13-20)23(24,25)26/h2-13H,14-15H2,1H3,(H,27,28). The monoisotopic (exact) mass is 415 g/mol. The number of ether oxygens (including phenoxy) is 2. The van der Waals surface area contributed by atoms with Gasteiger partial charge in [0, 0.05) is 16.8 Å². The lowest BCUT2D eigenvalue weighted by Gasteiger charge is -2.13. The van der Waals surface area contributed by atoms with Crippen molar-refractivity contribution in [3.05, 3.63) is 95.1 Å². The molecule has 0 fully saturated rings. The van der Waals surface area contributed by atoms with Crippen molar-refractivity contribution < 1.29 is 27.4 Å². The van der Waals surface area contributed by atoms with Crippen molar-refractivity contribution in [3.8, 4) is 5.75 Å². The summed E-state index contributed by atoms with van der Waals surface area (Å²) in [6.45, 7) is 0.605. The highest BCUT2D eigenvalue weighted by molar-refractivity contribution is 6.04. The van der Waals surface area contributed by atoms with Gasteiger partial charge in [0.05, 0.1) is 25.9 Å². The fourth-order valence-corrected chi connectivity index (χ4v) is 2.86. The van der Waals surface area contributed by atoms with E-state index in [1.54, 1.807) is 18.2 Å². The molecule has 0 radical (unpaired) electrons. The number of rotatable bonds is 7. The van der Waals surface area contributed by atoms with Crippen LogP contribution in [0.15, 0.2) is 72.8 Å². The minimum absolute atomic E-state index is 0.0625. The van der Waals surface area contributed by atoms with Crippen LogP contribution in [0.3, 0.4) is 0 Å². The third-order valence-electron chi connectivity index (χ3n) is 4.36. The molecule has 30 heavy (non-hydrogen) atoms. The molecule has 0 aliphatic heterocycles. The van der Waals surface area contributed by atoms with E-state index in [0.29, 0.717) is 17.9 Å². The van der Waals surface area contributed by atoms with E-state index in [4.69, 9.17) is 9.47 Å². The van der Waals surface area contributed by atoms with E-state index in [1.807, 2.05) is 30.3 Å². The SMILES string of the molecule is COc1ccc(C(=O)Nc2cccc(C(F)(F)F)c2)cc1COCc1ccccc1. The molecule has 3 rings (SSSR count). The second kappa shape index (κ2) is 9.45. The lowest BCUT2D eigenvalue weighted by Crippen LogP contribution is -2.14. The van der Waals surface area contributed by atoms with Crippen LogP contribution in [0.25, 0.3) is 0 Å². The average molecular weight is 415 g/mol. The third-order valence-corrected chi connectivity index (χ3v) is 4.36. The van der Waals surface area contributed by atoms with Crippen molar-refractivity contribution >= 4 is 11.6 Å². The lowest BCUT2D eigenvalue weighted by atomic mass is 10.1. The Bertz CT molecular complexity index is 1000. The minimum atomic E-state index is -4.48. The van der Waals surface area contributed by atoms with E-state index in [1.165, 1.54) is 19.2 Å². The van der Waals surface area contributed by atoms with Crippen LogP contribution in [0.4, 0.5) is 18.9 Å². The van der Waals surface area contributed by atoms with Crippen molar-refractivity contribution in [1.82, 2.24) is 0 Å². The van der Waals surface area contributed by atoms with E-state index in [-0.39, 0.29) is 17.9 Å². The van der Waals surface area contributed by atoms with Crippen LogP contribution in [0.1, 0.15) is 27.0 Å². The van der Waals surface area contributed by atoms with Crippen LogP contribution < -0.4 is 10.1 Å². The summed E-state index contributed by atoms with van der Waals surface area (Å²) in [5, 5.41) is 2.50. The molecular weight excluding hydrogens is 395 g/mol. The number of hydrogen-bond donors (Lipinski definition) is 1. The highest BCUT2D eigenvalue weighted by Crippen LogP contribution is 2.31. The molecule has 4 nitrogen and oxygen atoms in total. The maximum atomic E-state index is 12.9. The molecule has 0 saturated heterocycles. The van der Waals surface area contributed by atoms with Gasteiger partial charge in [-0.3, -0.25) is 4.79 Å². The number of methoxy groups -OCH3 is 1. The largest absolute Gasteiger partial charge is 0.496 e. The molecule has 156 valence electrons. The van der Waals surface area contributed by atoms with E-state index < -0.39 is 17.6 Å². The number of nitrogens with one attached hydrogen (secondary N) is 1. The summed E-state index contributed by atoms with van der Waals surface area (Å²) in [4.78, 5) is 12.5. The Morgan fingerprint density at radius 3 is 2.40 bits per heavy atom. The predicted octanol–water partition coefficient (Wildman–Crippen LogP) is 5.68. The van der Waals surface area contributed by atoms with Gasteiger partial charge in [0.15, 0.2) is 0 Å². The van der Waals surface area contributed by atoms with Crippen LogP contribution in [-0.2, 0) is 24.1 Å². The number of anilines is 1. The number of alkyl halides is 3. The van der Waals surface area contributed by atoms with Gasteiger partial charge < -0.3 is 14.8 Å². The molecule has 0 aromatic heterocycles. The molecule has 0 unspecified atom stereocenters. The summed E-state index contributed by atoms with van der Waals surface area (Å²) in [6.07, 6.45) is -4.48. The number of benzene rings is 3. The molecule has 0 atom stereocenters. The van der Waals surface area contributed by atoms with Gasteiger partial charge in [-0.1, -0.05) is 36.4 Å². The first-order valence-corrected chi connectivity index (χ1v) is 9.14. The smallest absolute Gasteiger partial charge is 0.416 e. The van der Waals surface area contributed by atoms with Gasteiger partial charge in [-0.2, -0.15) is 13.2 Å². The molecule has 1 amide bonds. The van der Waals surface area contributed by atoms with Crippen LogP contribution >= 0.6 is 0 Å². The Labute approximate surface area is 172 Å². The Morgan fingerprint density at radius 2 is 1.70 bits per heavy atom. The summed E-state index contributed by atoms with van der Waals surface area (Å²) in [6, 6.07) is 18.9. The predicted molar refractivity (Wildman–Crippen MR) is 107 cm³/mol. The van der Waals surface area contributed by atoms with Crippen LogP contribution in [-0.4, -0.2) is 13.0 Å². The van der Waals surface area contributed by atoms with Gasteiger partial charge in [0.1, 0.15) is 5.75 Å². The molecule has 3 aromatic rings. The second-order valence-electron chi connectivity index (χ2n) is 6.54. The van der Waals surface area contributed by atoms with Gasteiger partial charge in [-0.05, 0) is 42.0 Å². The molecule has 7 heteroatoms. The summed E-state index contributed by atoms with van der Waals surface area (Å²) in [7, 11) is 1.51. The second-order valence-corrected chi connectivity index (χ2v) is 6.54. The molecule has 1 N–H and O–H groups in total. The Morgan fingerprint density at radius 1 is 0.933 bits per heavy atom. The highest BCUT2D eigenvalue weighted by Gasteiger charge is 2.30. The first kappa shape index (κ1) is 21.4. The first-order valence-electron chi connectivity index (χ1n) is 9.14. The number of amides is 1. The van der Waals surface area contributed by atoms with Gasteiger partial charge in [0.2, 0.25) is 0 Å². The lowest BCUT2D eigenvalue weighted by molar-refractivity contribution is -0.137. The van der Waals surface area contributed by atoms with Gasteiger partial charge >= 0.3 is 6.18 Å². The van der Waals surface area contributed by atoms with Gasteiger partial charge in [0.25, 0.3) is 5.91 Å². The quantitative estimate of drug-likeness (QED) is 0.540. The molecular formula is C23H20F3NO3. The zero-order valence-corrected chi connectivity index (χ0v) is 16.2. The minimum Gasteiger partial charge on any atom is -0.496 e. The zero-order valence-electron chi connectivity index (χ0n) is 16.2. The molecule has 0 aliphatic carbocycles. The van der Waals surface area contributed by atoms with Crippen LogP contribution in [0.2, 0.25) is 0 Å². The summed E-state index contributed by atoms with van der Waals surface area (Å²) < 4.78 is 49.6. The van der Waals surface area contributed by atoms with Gasteiger partial charge in [-0.15, -0.1) is 0 Å².